The first kappa shape index (κ1) is 21.8. The molecule has 3 aromatic rings. The molecule has 8 nitrogen and oxygen atoms in total. The summed E-state index contributed by atoms with van der Waals surface area (Å²) < 4.78 is 1.56. The van der Waals surface area contributed by atoms with Gasteiger partial charge in [0.25, 0.3) is 0 Å². The van der Waals surface area contributed by atoms with Crippen LogP contribution in [-0.4, -0.2) is 39.5 Å². The number of hydrogen-bond acceptors (Lipinski definition) is 5. The van der Waals surface area contributed by atoms with Crippen LogP contribution in [0.4, 0.5) is 0 Å². The van der Waals surface area contributed by atoms with Gasteiger partial charge in [-0.1, -0.05) is 24.5 Å². The average molecular weight is 432 g/mol. The fourth-order valence-electron chi connectivity index (χ4n) is 4.20. The summed E-state index contributed by atoms with van der Waals surface area (Å²) in [5.74, 6) is 6.24. The van der Waals surface area contributed by atoms with E-state index in [2.05, 4.69) is 44.6 Å². The molecule has 1 aliphatic heterocycles. The molecular formula is C24H29N7O. The quantitative estimate of drug-likeness (QED) is 0.241. The van der Waals surface area contributed by atoms with Crippen LogP contribution in [-0.2, 0) is 0 Å². The Morgan fingerprint density at radius 3 is 2.91 bits per heavy atom. The van der Waals surface area contributed by atoms with Gasteiger partial charge in [-0.2, -0.15) is 4.98 Å². The maximum atomic E-state index is 12.6. The van der Waals surface area contributed by atoms with Crippen molar-refractivity contribution in [3.63, 3.8) is 0 Å². The third-order valence-corrected chi connectivity index (χ3v) is 5.77. The molecule has 166 valence electrons. The summed E-state index contributed by atoms with van der Waals surface area (Å²) in [6.45, 7) is 2.86. The summed E-state index contributed by atoms with van der Waals surface area (Å²) in [5, 5.41) is 15.1. The van der Waals surface area contributed by atoms with Gasteiger partial charge < -0.3 is 21.4 Å². The van der Waals surface area contributed by atoms with Crippen LogP contribution in [0.2, 0.25) is 0 Å². The first-order valence-electron chi connectivity index (χ1n) is 11.0. The molecule has 2 aromatic heterocycles. The van der Waals surface area contributed by atoms with E-state index in [0.29, 0.717) is 29.3 Å². The van der Waals surface area contributed by atoms with Crippen molar-refractivity contribution in [1.82, 2.24) is 25.2 Å². The number of nitrogens with one attached hydrogen (secondary N) is 4. The van der Waals surface area contributed by atoms with Crippen molar-refractivity contribution in [3.8, 4) is 17.5 Å². The zero-order valence-corrected chi connectivity index (χ0v) is 18.2. The highest BCUT2D eigenvalue weighted by Crippen LogP contribution is 2.27. The minimum Gasteiger partial charge on any atom is -0.374 e. The number of hydrogen-bond donors (Lipinski definition) is 5. The molecule has 1 fully saturated rings. The first-order chi connectivity index (χ1) is 15.5. The van der Waals surface area contributed by atoms with E-state index in [4.69, 9.17) is 11.1 Å². The summed E-state index contributed by atoms with van der Waals surface area (Å²) in [4.78, 5) is 19.8. The highest BCUT2D eigenvalue weighted by molar-refractivity contribution is 5.77. The Balaban J connectivity index is 1.49. The van der Waals surface area contributed by atoms with Crippen LogP contribution in [0.3, 0.4) is 0 Å². The third-order valence-electron chi connectivity index (χ3n) is 5.77. The van der Waals surface area contributed by atoms with E-state index >= 15 is 0 Å². The molecule has 0 aliphatic carbocycles. The predicted octanol–water partition coefficient (Wildman–Crippen LogP) is 2.18. The maximum absolute atomic E-state index is 12.6. The minimum absolute atomic E-state index is 0.277. The summed E-state index contributed by atoms with van der Waals surface area (Å²) >= 11 is 0. The molecule has 0 radical (unpaired) electrons. The van der Waals surface area contributed by atoms with Gasteiger partial charge in [-0.05, 0) is 55.9 Å². The molecule has 8 heteroatoms. The molecule has 1 aromatic carbocycles. The monoisotopic (exact) mass is 431 g/mol. The minimum atomic E-state index is -0.338. The summed E-state index contributed by atoms with van der Waals surface area (Å²) in [7, 11) is 0. The maximum Gasteiger partial charge on any atom is 0.354 e. The summed E-state index contributed by atoms with van der Waals surface area (Å²) in [6, 6.07) is 10.7. The number of aromatic nitrogens is 3. The number of benzene rings is 1. The molecule has 6 N–H and O–H groups in total. The van der Waals surface area contributed by atoms with Crippen LogP contribution in [0.15, 0.2) is 41.3 Å². The Morgan fingerprint density at radius 1 is 1.34 bits per heavy atom. The van der Waals surface area contributed by atoms with Crippen LogP contribution in [0.5, 0.6) is 0 Å². The van der Waals surface area contributed by atoms with Crippen LogP contribution in [0, 0.1) is 17.3 Å². The normalized spacial score (nSPS) is 18.2. The molecule has 2 atom stereocenters. The number of nitrogens with two attached hydrogens (primary N) is 1. The average Bonchev–Trinajstić information content (AvgIpc) is 3.19. The molecule has 4 rings (SSSR count). The lowest BCUT2D eigenvalue weighted by molar-refractivity contribution is 0.312. The Bertz CT molecular complexity index is 1210. The van der Waals surface area contributed by atoms with Crippen molar-refractivity contribution in [2.45, 2.75) is 44.7 Å². The van der Waals surface area contributed by atoms with Crippen molar-refractivity contribution in [3.05, 3.63) is 58.3 Å². The Labute approximate surface area is 187 Å². The molecule has 0 spiro atoms. The zero-order valence-electron chi connectivity index (χ0n) is 18.2. The summed E-state index contributed by atoms with van der Waals surface area (Å²) in [6.07, 6.45) is 6.22. The molecular weight excluding hydrogens is 402 g/mol. The van der Waals surface area contributed by atoms with E-state index in [1.54, 1.807) is 17.7 Å². The van der Waals surface area contributed by atoms with Crippen molar-refractivity contribution in [1.29, 1.82) is 5.41 Å². The number of aromatic amines is 1. The van der Waals surface area contributed by atoms with E-state index in [9.17, 15) is 4.79 Å². The fraction of sp³-hybridized carbons (Fsp3) is 0.375. The molecule has 0 amide bonds. The number of fused-ring (bicyclic) bond motifs is 1. The summed E-state index contributed by atoms with van der Waals surface area (Å²) in [5.41, 5.74) is 8.30. The Morgan fingerprint density at radius 2 is 2.16 bits per heavy atom. The van der Waals surface area contributed by atoms with Gasteiger partial charge in [0.1, 0.15) is 5.65 Å². The van der Waals surface area contributed by atoms with Gasteiger partial charge in [-0.15, -0.1) is 0 Å². The fourth-order valence-corrected chi connectivity index (χ4v) is 4.20. The second-order valence-electron chi connectivity index (χ2n) is 8.17. The van der Waals surface area contributed by atoms with Gasteiger partial charge >= 0.3 is 5.69 Å². The second-order valence-corrected chi connectivity index (χ2v) is 8.17. The van der Waals surface area contributed by atoms with E-state index in [-0.39, 0.29) is 12.2 Å². The highest BCUT2D eigenvalue weighted by Gasteiger charge is 2.22. The molecule has 1 saturated heterocycles. The van der Waals surface area contributed by atoms with Crippen molar-refractivity contribution < 1.29 is 0 Å². The van der Waals surface area contributed by atoms with Crippen molar-refractivity contribution in [2.75, 3.05) is 13.1 Å². The number of nitrogens with zero attached hydrogens (tertiary/aromatic N) is 2. The molecule has 0 saturated carbocycles. The van der Waals surface area contributed by atoms with E-state index < -0.39 is 0 Å². The zero-order chi connectivity index (χ0) is 22.5. The van der Waals surface area contributed by atoms with Gasteiger partial charge in [0.05, 0.1) is 23.8 Å². The van der Waals surface area contributed by atoms with Gasteiger partial charge in [-0.3, -0.25) is 9.98 Å². The van der Waals surface area contributed by atoms with Crippen molar-refractivity contribution in [2.24, 2.45) is 5.73 Å². The van der Waals surface area contributed by atoms with E-state index in [1.807, 2.05) is 18.2 Å². The van der Waals surface area contributed by atoms with Gasteiger partial charge in [0.2, 0.25) is 0 Å². The SMILES string of the molecule is CC(=N)NCCC1CCC[C@@H](c2ccc(-n3cc4cc(C#CCN)[nH]c4nc3=O)cc2)N1. The van der Waals surface area contributed by atoms with Crippen LogP contribution in [0.25, 0.3) is 16.7 Å². The van der Waals surface area contributed by atoms with E-state index in [0.717, 1.165) is 36.9 Å². The molecule has 1 unspecified atom stereocenters. The second kappa shape index (κ2) is 9.81. The van der Waals surface area contributed by atoms with Crippen molar-refractivity contribution >= 4 is 16.9 Å². The third kappa shape index (κ3) is 5.07. The van der Waals surface area contributed by atoms with Gasteiger partial charge in [-0.25, -0.2) is 4.79 Å². The molecule has 3 heterocycles. The molecule has 32 heavy (non-hydrogen) atoms. The van der Waals surface area contributed by atoms with E-state index in [1.165, 1.54) is 12.0 Å². The smallest absolute Gasteiger partial charge is 0.354 e. The molecule has 1 aliphatic rings. The number of H-pyrrole nitrogens is 1. The lowest BCUT2D eigenvalue weighted by Gasteiger charge is -2.31. The predicted molar refractivity (Wildman–Crippen MR) is 127 cm³/mol. The first-order valence-corrected chi connectivity index (χ1v) is 11.0. The standard InChI is InChI=1S/C24H29N7O/c1-16(26)27-13-11-19-4-2-6-22(28-19)17-7-9-21(10-8-17)31-15-18-14-20(5-3-12-25)29-23(18)30-24(31)32/h7-10,14-15,19,22,28H,2,4,6,11-13,25H2,1H3,(H2,26,27)(H,29,30,32)/t19?,22-/m0/s1. The lowest BCUT2D eigenvalue weighted by atomic mass is 9.92. The topological polar surface area (TPSA) is 125 Å². The number of amidine groups is 1. The largest absolute Gasteiger partial charge is 0.374 e. The van der Waals surface area contributed by atoms with Crippen LogP contribution >= 0.6 is 0 Å². The van der Waals surface area contributed by atoms with Gasteiger partial charge in [0, 0.05) is 30.2 Å². The number of rotatable bonds is 5. The highest BCUT2D eigenvalue weighted by atomic mass is 16.1. The molecule has 0 bridgehead atoms. The van der Waals surface area contributed by atoms with Crippen LogP contribution in [0.1, 0.15) is 49.9 Å². The van der Waals surface area contributed by atoms with Crippen LogP contribution < -0.4 is 22.1 Å². The lowest BCUT2D eigenvalue weighted by Crippen LogP contribution is -2.39. The number of piperidine rings is 1. The Hall–Kier alpha value is -3.41. The van der Waals surface area contributed by atoms with Gasteiger partial charge in [0.15, 0.2) is 0 Å². The Kier molecular flexibility index (Phi) is 6.69.